The maximum absolute atomic E-state index is 10.2. The van der Waals surface area contributed by atoms with E-state index in [-0.39, 0.29) is 19.0 Å². The molecule has 2 aromatic rings. The number of imidazole rings is 1. The van der Waals surface area contributed by atoms with E-state index in [2.05, 4.69) is 15.0 Å². The van der Waals surface area contributed by atoms with E-state index in [4.69, 9.17) is 15.2 Å². The third kappa shape index (κ3) is 1.32. The highest BCUT2D eigenvalue weighted by Crippen LogP contribution is 2.45. The number of ether oxygens (including phenoxy) is 2. The Kier molecular flexibility index (Phi) is 2.31. The summed E-state index contributed by atoms with van der Waals surface area (Å²) in [5.74, 6) is 0.273. The van der Waals surface area contributed by atoms with E-state index >= 15 is 0 Å². The lowest BCUT2D eigenvalue weighted by Crippen LogP contribution is -2.44. The Labute approximate surface area is 113 Å². The molecule has 0 radical (unpaired) electrons. The highest BCUT2D eigenvalue weighted by Gasteiger charge is 2.61. The van der Waals surface area contributed by atoms with Crippen LogP contribution in [0.25, 0.3) is 11.2 Å². The van der Waals surface area contributed by atoms with E-state index in [1.54, 1.807) is 4.57 Å². The molecule has 4 heterocycles. The lowest BCUT2D eigenvalue weighted by atomic mass is 10.0. The molecule has 2 aliphatic heterocycles. The maximum Gasteiger partial charge on any atom is 0.167 e. The van der Waals surface area contributed by atoms with Gasteiger partial charge in [0.25, 0.3) is 0 Å². The van der Waals surface area contributed by atoms with Gasteiger partial charge in [0.15, 0.2) is 17.7 Å². The van der Waals surface area contributed by atoms with Gasteiger partial charge in [0.2, 0.25) is 0 Å². The van der Waals surface area contributed by atoms with Crippen molar-refractivity contribution >= 4 is 17.0 Å². The van der Waals surface area contributed by atoms with Crippen LogP contribution in [0.15, 0.2) is 12.7 Å². The summed E-state index contributed by atoms with van der Waals surface area (Å²) in [5, 5.41) is 19.6. The second kappa shape index (κ2) is 3.85. The molecule has 0 amide bonds. The van der Waals surface area contributed by atoms with E-state index < -0.39 is 24.0 Å². The molecule has 4 rings (SSSR count). The van der Waals surface area contributed by atoms with E-state index in [1.165, 1.54) is 12.7 Å². The molecule has 2 fully saturated rings. The van der Waals surface area contributed by atoms with Crippen molar-refractivity contribution in [3.05, 3.63) is 12.7 Å². The summed E-state index contributed by atoms with van der Waals surface area (Å²) in [6, 6.07) is 0. The lowest BCUT2D eigenvalue weighted by Gasteiger charge is -2.29. The summed E-state index contributed by atoms with van der Waals surface area (Å²) in [5.41, 5.74) is 5.62. The minimum absolute atomic E-state index is 0.162. The van der Waals surface area contributed by atoms with Crippen molar-refractivity contribution in [1.82, 2.24) is 19.5 Å². The SMILES string of the molecule is Nc1ncnc2c1ncn2[C@@H]1O[C@@]2(CO)COC1[C@H]2O. The molecule has 0 spiro atoms. The topological polar surface area (TPSA) is 129 Å². The van der Waals surface area contributed by atoms with Gasteiger partial charge in [-0.3, -0.25) is 4.57 Å². The molecule has 9 heteroatoms. The van der Waals surface area contributed by atoms with Crippen LogP contribution >= 0.6 is 0 Å². The maximum atomic E-state index is 10.2. The monoisotopic (exact) mass is 279 g/mol. The number of aliphatic hydroxyl groups is 2. The number of nitrogen functional groups attached to an aromatic ring is 1. The summed E-state index contributed by atoms with van der Waals surface area (Å²) in [6.07, 6.45) is 0.778. The first kappa shape index (κ1) is 12.0. The van der Waals surface area contributed by atoms with Gasteiger partial charge >= 0.3 is 0 Å². The van der Waals surface area contributed by atoms with Gasteiger partial charge in [-0.1, -0.05) is 0 Å². The van der Waals surface area contributed by atoms with Crippen LogP contribution < -0.4 is 5.73 Å². The summed E-state index contributed by atoms with van der Waals surface area (Å²) in [6.45, 7) is -0.152. The molecule has 4 N–H and O–H groups in total. The van der Waals surface area contributed by atoms with Gasteiger partial charge in [-0.15, -0.1) is 0 Å². The normalized spacial score (nSPS) is 36.0. The first-order valence-corrected chi connectivity index (χ1v) is 6.18. The average Bonchev–Trinajstić information content (AvgIpc) is 3.10. The first-order valence-electron chi connectivity index (χ1n) is 6.18. The highest BCUT2D eigenvalue weighted by molar-refractivity contribution is 5.81. The predicted molar refractivity (Wildman–Crippen MR) is 65.4 cm³/mol. The Bertz CT molecular complexity index is 676. The first-order chi connectivity index (χ1) is 9.66. The van der Waals surface area contributed by atoms with Crippen molar-refractivity contribution in [2.45, 2.75) is 24.0 Å². The van der Waals surface area contributed by atoms with Gasteiger partial charge in [0.05, 0.1) is 19.5 Å². The molecule has 0 saturated carbocycles. The largest absolute Gasteiger partial charge is 0.393 e. The van der Waals surface area contributed by atoms with Gasteiger partial charge in [-0.2, -0.15) is 0 Å². The molecule has 2 aromatic heterocycles. The Balaban J connectivity index is 1.80. The van der Waals surface area contributed by atoms with Gasteiger partial charge in [0, 0.05) is 0 Å². The molecule has 0 aromatic carbocycles. The second-order valence-corrected chi connectivity index (χ2v) is 5.03. The number of aromatic nitrogens is 4. The zero-order valence-corrected chi connectivity index (χ0v) is 10.4. The summed E-state index contributed by atoms with van der Waals surface area (Å²) < 4.78 is 13.0. The smallest absolute Gasteiger partial charge is 0.167 e. The molecular weight excluding hydrogens is 266 g/mol. The minimum Gasteiger partial charge on any atom is -0.393 e. The van der Waals surface area contributed by atoms with Crippen LogP contribution in [0.4, 0.5) is 5.82 Å². The Morgan fingerprint density at radius 3 is 3.05 bits per heavy atom. The van der Waals surface area contributed by atoms with Crippen LogP contribution in [-0.2, 0) is 9.47 Å². The third-order valence-electron chi connectivity index (χ3n) is 3.94. The molecule has 106 valence electrons. The molecule has 0 aliphatic carbocycles. The average molecular weight is 279 g/mol. The number of aliphatic hydroxyl groups excluding tert-OH is 2. The van der Waals surface area contributed by atoms with Gasteiger partial charge in [-0.05, 0) is 0 Å². The zero-order valence-electron chi connectivity index (χ0n) is 10.4. The Morgan fingerprint density at radius 2 is 2.30 bits per heavy atom. The number of hydrogen-bond acceptors (Lipinski definition) is 8. The van der Waals surface area contributed by atoms with Crippen LogP contribution in [0.5, 0.6) is 0 Å². The van der Waals surface area contributed by atoms with Crippen molar-refractivity contribution in [2.24, 2.45) is 0 Å². The van der Waals surface area contributed by atoms with E-state index in [0.29, 0.717) is 11.2 Å². The van der Waals surface area contributed by atoms with E-state index in [0.717, 1.165) is 0 Å². The van der Waals surface area contributed by atoms with Crippen LogP contribution in [0.1, 0.15) is 6.23 Å². The number of rotatable bonds is 2. The predicted octanol–water partition coefficient (Wildman–Crippen LogP) is -1.57. The molecule has 4 atom stereocenters. The number of nitrogens with two attached hydrogens (primary N) is 1. The molecule has 2 bridgehead atoms. The number of hydrogen-bond donors (Lipinski definition) is 3. The molecule has 2 aliphatic rings. The molecule has 2 saturated heterocycles. The standard InChI is InChI=1S/C11H13N5O4/c12-8-5-9(14-3-13-8)16(4-15-5)10-6-7(18)11(1-17,20-10)2-19-6/h3-4,6-7,10,17-18H,1-2H2,(H2,12,13,14)/t6?,7-,10-,11+/m1/s1. The zero-order chi connectivity index (χ0) is 13.9. The van der Waals surface area contributed by atoms with Crippen LogP contribution in [0.2, 0.25) is 0 Å². The Hall–Kier alpha value is -1.81. The molecule has 1 unspecified atom stereocenters. The van der Waals surface area contributed by atoms with Crippen molar-refractivity contribution in [1.29, 1.82) is 0 Å². The fourth-order valence-electron chi connectivity index (χ4n) is 2.81. The third-order valence-corrected chi connectivity index (χ3v) is 3.94. The number of nitrogens with zero attached hydrogens (tertiary/aromatic N) is 4. The fourth-order valence-corrected chi connectivity index (χ4v) is 2.81. The summed E-state index contributed by atoms with van der Waals surface area (Å²) in [7, 11) is 0. The second-order valence-electron chi connectivity index (χ2n) is 5.03. The Morgan fingerprint density at radius 1 is 1.45 bits per heavy atom. The van der Waals surface area contributed by atoms with Gasteiger partial charge in [0.1, 0.15) is 29.7 Å². The molecule has 9 nitrogen and oxygen atoms in total. The van der Waals surface area contributed by atoms with Crippen LogP contribution in [-0.4, -0.2) is 60.8 Å². The van der Waals surface area contributed by atoms with Crippen molar-refractivity contribution in [3.8, 4) is 0 Å². The van der Waals surface area contributed by atoms with Crippen LogP contribution in [0.3, 0.4) is 0 Å². The van der Waals surface area contributed by atoms with E-state index in [1.807, 2.05) is 0 Å². The van der Waals surface area contributed by atoms with E-state index in [9.17, 15) is 10.2 Å². The number of anilines is 1. The quantitative estimate of drug-likeness (QED) is 0.601. The van der Waals surface area contributed by atoms with Gasteiger partial charge < -0.3 is 25.4 Å². The van der Waals surface area contributed by atoms with Crippen molar-refractivity contribution < 1.29 is 19.7 Å². The molecule has 20 heavy (non-hydrogen) atoms. The summed E-state index contributed by atoms with van der Waals surface area (Å²) >= 11 is 0. The minimum atomic E-state index is -1.08. The van der Waals surface area contributed by atoms with Crippen molar-refractivity contribution in [3.63, 3.8) is 0 Å². The highest BCUT2D eigenvalue weighted by atomic mass is 16.7. The van der Waals surface area contributed by atoms with Gasteiger partial charge in [-0.25, -0.2) is 15.0 Å². The molecular formula is C11H13N5O4. The summed E-state index contributed by atoms with van der Waals surface area (Å²) in [4.78, 5) is 12.2. The fraction of sp³-hybridized carbons (Fsp3) is 0.545. The number of fused-ring (bicyclic) bond motifs is 3. The lowest BCUT2D eigenvalue weighted by molar-refractivity contribution is -0.185. The van der Waals surface area contributed by atoms with Crippen LogP contribution in [0, 0.1) is 0 Å². The van der Waals surface area contributed by atoms with Crippen molar-refractivity contribution in [2.75, 3.05) is 18.9 Å².